The highest BCUT2D eigenvalue weighted by Crippen LogP contribution is 2.16. The van der Waals surface area contributed by atoms with E-state index in [9.17, 15) is 0 Å². The molecule has 0 saturated carbocycles. The molecule has 0 amide bonds. The maximum absolute atomic E-state index is 5.27. The molecule has 19 heavy (non-hydrogen) atoms. The molecule has 0 heterocycles. The van der Waals surface area contributed by atoms with E-state index in [4.69, 9.17) is 18.9 Å². The van der Waals surface area contributed by atoms with Crippen LogP contribution < -0.4 is 5.32 Å². The van der Waals surface area contributed by atoms with E-state index in [2.05, 4.69) is 5.32 Å². The van der Waals surface area contributed by atoms with E-state index in [1.165, 1.54) is 0 Å². The molecular formula is C12H31NO4Si2. The summed E-state index contributed by atoms with van der Waals surface area (Å²) in [4.78, 5) is 0. The van der Waals surface area contributed by atoms with Crippen molar-refractivity contribution in [3.63, 3.8) is 0 Å². The highest BCUT2D eigenvalue weighted by molar-refractivity contribution is 6.12. The Morgan fingerprint density at radius 3 is 1.32 bits per heavy atom. The van der Waals surface area contributed by atoms with Crippen molar-refractivity contribution >= 4 is 20.5 Å². The summed E-state index contributed by atoms with van der Waals surface area (Å²) in [5.41, 5.74) is 1.06. The van der Waals surface area contributed by atoms with Gasteiger partial charge in [-0.3, -0.25) is 0 Å². The molecule has 0 aliphatic rings. The average Bonchev–Trinajstić information content (AvgIpc) is 2.41. The van der Waals surface area contributed by atoms with Crippen molar-refractivity contribution in [2.75, 3.05) is 41.5 Å². The Morgan fingerprint density at radius 2 is 1.05 bits per heavy atom. The molecule has 5 nitrogen and oxygen atoms in total. The summed E-state index contributed by atoms with van der Waals surface area (Å²) in [5, 5.41) is 3.48. The van der Waals surface area contributed by atoms with Crippen molar-refractivity contribution in [1.29, 1.82) is 0 Å². The lowest BCUT2D eigenvalue weighted by Crippen LogP contribution is -2.27. The van der Waals surface area contributed by atoms with Crippen molar-refractivity contribution in [1.82, 2.24) is 5.32 Å². The molecule has 0 spiro atoms. The van der Waals surface area contributed by atoms with Crippen LogP contribution in [0.2, 0.25) is 11.1 Å². The monoisotopic (exact) mass is 309 g/mol. The standard InChI is InChI=1S/C12H31NO4Si2/c1-14-11(15-2)9(18)5-7-13-8-6-10(19)12(16-3)17-4/h9-13H,5-8H2,1-4,18-19H3. The average molecular weight is 310 g/mol. The van der Waals surface area contributed by atoms with Crippen molar-refractivity contribution in [3.05, 3.63) is 0 Å². The smallest absolute Gasteiger partial charge is 0.156 e. The van der Waals surface area contributed by atoms with Gasteiger partial charge < -0.3 is 24.3 Å². The molecule has 0 aromatic carbocycles. The lowest BCUT2D eigenvalue weighted by molar-refractivity contribution is -0.106. The molecule has 0 aliphatic carbocycles. The van der Waals surface area contributed by atoms with Gasteiger partial charge in [0.15, 0.2) is 12.6 Å². The highest BCUT2D eigenvalue weighted by atomic mass is 28.1. The molecule has 0 aromatic rings. The van der Waals surface area contributed by atoms with E-state index in [-0.39, 0.29) is 12.6 Å². The largest absolute Gasteiger partial charge is 0.356 e. The van der Waals surface area contributed by atoms with Crippen LogP contribution in [-0.2, 0) is 18.9 Å². The van der Waals surface area contributed by atoms with Gasteiger partial charge >= 0.3 is 0 Å². The van der Waals surface area contributed by atoms with Crippen LogP contribution in [0.15, 0.2) is 0 Å². The molecule has 7 heteroatoms. The van der Waals surface area contributed by atoms with Gasteiger partial charge in [0.2, 0.25) is 0 Å². The van der Waals surface area contributed by atoms with Gasteiger partial charge in [-0.25, -0.2) is 0 Å². The van der Waals surface area contributed by atoms with Gasteiger partial charge in [0.05, 0.1) is 0 Å². The van der Waals surface area contributed by atoms with Gasteiger partial charge in [0.1, 0.15) is 0 Å². The quantitative estimate of drug-likeness (QED) is 0.282. The highest BCUT2D eigenvalue weighted by Gasteiger charge is 2.16. The van der Waals surface area contributed by atoms with E-state index in [0.29, 0.717) is 11.1 Å². The van der Waals surface area contributed by atoms with Crippen molar-refractivity contribution in [2.24, 2.45) is 0 Å². The topological polar surface area (TPSA) is 49.0 Å². The second kappa shape index (κ2) is 12.0. The van der Waals surface area contributed by atoms with Crippen LogP contribution in [0.5, 0.6) is 0 Å². The molecule has 2 unspecified atom stereocenters. The molecule has 0 saturated heterocycles. The summed E-state index contributed by atoms with van der Waals surface area (Å²) in [6.45, 7) is 2.02. The van der Waals surface area contributed by atoms with Crippen LogP contribution in [0, 0.1) is 0 Å². The second-order valence-electron chi connectivity index (χ2n) is 4.96. The third-order valence-electron chi connectivity index (χ3n) is 3.41. The number of methoxy groups -OCH3 is 4. The molecule has 2 atom stereocenters. The summed E-state index contributed by atoms with van der Waals surface area (Å²) in [6.07, 6.45) is 2.10. The molecule has 0 aromatic heterocycles. The zero-order valence-corrected chi connectivity index (χ0v) is 17.3. The van der Waals surface area contributed by atoms with Gasteiger partial charge in [-0.2, -0.15) is 0 Å². The summed E-state index contributed by atoms with van der Waals surface area (Å²) in [5.74, 6) is 0. The molecular weight excluding hydrogens is 278 g/mol. The fourth-order valence-electron chi connectivity index (χ4n) is 2.18. The maximum atomic E-state index is 5.27. The molecule has 1 N–H and O–H groups in total. The number of nitrogens with one attached hydrogen (secondary N) is 1. The van der Waals surface area contributed by atoms with Crippen molar-refractivity contribution < 1.29 is 18.9 Å². The molecule has 116 valence electrons. The Kier molecular flexibility index (Phi) is 12.2. The Morgan fingerprint density at radius 1 is 0.737 bits per heavy atom. The van der Waals surface area contributed by atoms with Crippen LogP contribution in [-0.4, -0.2) is 74.6 Å². The Bertz CT molecular complexity index is 184. The zero-order chi connectivity index (χ0) is 14.7. The molecule has 0 fully saturated rings. The third kappa shape index (κ3) is 8.18. The van der Waals surface area contributed by atoms with E-state index >= 15 is 0 Å². The minimum absolute atomic E-state index is 0.0499. The predicted molar refractivity (Wildman–Crippen MR) is 85.1 cm³/mol. The first-order valence-corrected chi connectivity index (χ1v) is 9.23. The first-order valence-electron chi connectivity index (χ1n) is 6.92. The predicted octanol–water partition coefficient (Wildman–Crippen LogP) is -1.10. The maximum Gasteiger partial charge on any atom is 0.156 e. The summed E-state index contributed by atoms with van der Waals surface area (Å²) in [7, 11) is 8.97. The van der Waals surface area contributed by atoms with Crippen LogP contribution in [0.1, 0.15) is 12.8 Å². The minimum atomic E-state index is -0.0499. The number of hydrogen-bond donors (Lipinski definition) is 1. The van der Waals surface area contributed by atoms with Crippen LogP contribution in [0.3, 0.4) is 0 Å². The summed E-state index contributed by atoms with van der Waals surface area (Å²) in [6, 6.07) is 0. The van der Waals surface area contributed by atoms with Gasteiger partial charge in [0, 0.05) is 48.9 Å². The minimum Gasteiger partial charge on any atom is -0.356 e. The fraction of sp³-hybridized carbons (Fsp3) is 1.00. The van der Waals surface area contributed by atoms with Crippen molar-refractivity contribution in [3.8, 4) is 0 Å². The number of ether oxygens (including phenoxy) is 4. The summed E-state index contributed by atoms with van der Waals surface area (Å²) < 4.78 is 21.1. The van der Waals surface area contributed by atoms with Crippen LogP contribution in [0.4, 0.5) is 0 Å². The Hall–Kier alpha value is 0.234. The number of rotatable bonds is 12. The summed E-state index contributed by atoms with van der Waals surface area (Å²) >= 11 is 0. The lowest BCUT2D eigenvalue weighted by Gasteiger charge is -2.22. The molecule has 0 radical (unpaired) electrons. The van der Waals surface area contributed by atoms with E-state index in [1.807, 2.05) is 0 Å². The van der Waals surface area contributed by atoms with Gasteiger partial charge in [-0.15, -0.1) is 0 Å². The van der Waals surface area contributed by atoms with Crippen LogP contribution in [0.25, 0.3) is 0 Å². The first-order chi connectivity index (χ1) is 9.10. The van der Waals surface area contributed by atoms with Gasteiger partial charge in [0.25, 0.3) is 0 Å². The van der Waals surface area contributed by atoms with E-state index in [1.54, 1.807) is 28.4 Å². The molecule has 0 aliphatic heterocycles. The second-order valence-corrected chi connectivity index (χ2v) is 7.93. The lowest BCUT2D eigenvalue weighted by atomic mass is 10.2. The van der Waals surface area contributed by atoms with Gasteiger partial charge in [-0.05, 0) is 37.0 Å². The van der Waals surface area contributed by atoms with E-state index < -0.39 is 0 Å². The zero-order valence-electron chi connectivity index (χ0n) is 13.3. The molecule has 0 bridgehead atoms. The van der Waals surface area contributed by atoms with Crippen molar-refractivity contribution in [2.45, 2.75) is 36.5 Å². The fourth-order valence-corrected chi connectivity index (χ4v) is 3.84. The Balaban J connectivity index is 3.64. The van der Waals surface area contributed by atoms with Gasteiger partial charge in [-0.1, -0.05) is 0 Å². The normalized spacial score (nSPS) is 15.5. The van der Waals surface area contributed by atoms with Crippen LogP contribution >= 0.6 is 0 Å². The van der Waals surface area contributed by atoms with E-state index in [0.717, 1.165) is 46.4 Å². The molecule has 0 rings (SSSR count). The SMILES string of the molecule is COC(OC)C([SiH3])CCNCCC([SiH3])C(OC)OC. The third-order valence-corrected chi connectivity index (χ3v) is 5.65. The Labute approximate surface area is 123 Å². The number of hydrogen-bond acceptors (Lipinski definition) is 5. The first kappa shape index (κ1) is 19.2.